The third-order valence-electron chi connectivity index (χ3n) is 1.94. The van der Waals surface area contributed by atoms with Crippen molar-refractivity contribution in [3.8, 4) is 0 Å². The van der Waals surface area contributed by atoms with Gasteiger partial charge in [-0.05, 0) is 23.8 Å². The minimum absolute atomic E-state index is 0.399. The van der Waals surface area contributed by atoms with Gasteiger partial charge in [-0.2, -0.15) is 13.2 Å². The third-order valence-corrected chi connectivity index (χ3v) is 1.94. The SMILES string of the molecule is O=[N+]([O-])CCc1cc(F)ccc1C(F)(F)F. The topological polar surface area (TPSA) is 43.1 Å². The Morgan fingerprint density at radius 2 is 1.94 bits per heavy atom. The van der Waals surface area contributed by atoms with Crippen molar-refractivity contribution in [1.82, 2.24) is 0 Å². The Labute approximate surface area is 87.8 Å². The van der Waals surface area contributed by atoms with Gasteiger partial charge in [-0.25, -0.2) is 4.39 Å². The predicted molar refractivity (Wildman–Crippen MR) is 47.0 cm³/mol. The van der Waals surface area contributed by atoms with E-state index in [-0.39, 0.29) is 0 Å². The van der Waals surface area contributed by atoms with Crippen LogP contribution in [0.25, 0.3) is 0 Å². The van der Waals surface area contributed by atoms with Crippen LogP contribution in [0.4, 0.5) is 17.6 Å². The summed E-state index contributed by atoms with van der Waals surface area (Å²) in [6, 6.07) is 1.94. The van der Waals surface area contributed by atoms with Gasteiger partial charge in [0.2, 0.25) is 6.54 Å². The summed E-state index contributed by atoms with van der Waals surface area (Å²) in [7, 11) is 0. The Balaban J connectivity index is 3.04. The zero-order chi connectivity index (χ0) is 12.3. The van der Waals surface area contributed by atoms with Crippen LogP contribution < -0.4 is 0 Å². The molecule has 0 saturated carbocycles. The summed E-state index contributed by atoms with van der Waals surface area (Å²) in [4.78, 5) is 9.30. The molecule has 0 aliphatic rings. The molecule has 7 heteroatoms. The van der Waals surface area contributed by atoms with Crippen molar-refractivity contribution in [1.29, 1.82) is 0 Å². The maximum absolute atomic E-state index is 12.7. The van der Waals surface area contributed by atoms with E-state index < -0.39 is 41.0 Å². The largest absolute Gasteiger partial charge is 0.416 e. The lowest BCUT2D eigenvalue weighted by Gasteiger charge is -2.11. The van der Waals surface area contributed by atoms with Crippen molar-refractivity contribution in [2.24, 2.45) is 0 Å². The maximum Gasteiger partial charge on any atom is 0.416 e. The van der Waals surface area contributed by atoms with Crippen LogP contribution in [-0.4, -0.2) is 11.5 Å². The van der Waals surface area contributed by atoms with E-state index in [1.165, 1.54) is 0 Å². The first-order valence-electron chi connectivity index (χ1n) is 4.28. The predicted octanol–water partition coefficient (Wildman–Crippen LogP) is 2.66. The molecule has 0 spiro atoms. The second kappa shape index (κ2) is 4.46. The molecule has 0 radical (unpaired) electrons. The Hall–Kier alpha value is -1.66. The quantitative estimate of drug-likeness (QED) is 0.460. The zero-order valence-corrected chi connectivity index (χ0v) is 7.92. The minimum Gasteiger partial charge on any atom is -0.265 e. The summed E-state index contributed by atoms with van der Waals surface area (Å²) in [6.07, 6.45) is -5.07. The fourth-order valence-corrected chi connectivity index (χ4v) is 1.26. The number of nitro groups is 1. The number of benzene rings is 1. The molecule has 0 fully saturated rings. The van der Waals surface area contributed by atoms with Gasteiger partial charge < -0.3 is 0 Å². The first kappa shape index (κ1) is 12.4. The molecule has 0 aromatic heterocycles. The molecule has 0 saturated heterocycles. The highest BCUT2D eigenvalue weighted by molar-refractivity contribution is 5.30. The van der Waals surface area contributed by atoms with Gasteiger partial charge in [0.25, 0.3) is 0 Å². The van der Waals surface area contributed by atoms with Crippen LogP contribution in [0, 0.1) is 15.9 Å². The summed E-state index contributed by atoms with van der Waals surface area (Å²) >= 11 is 0. The van der Waals surface area contributed by atoms with E-state index in [2.05, 4.69) is 0 Å². The van der Waals surface area contributed by atoms with Gasteiger partial charge in [0.05, 0.1) is 5.56 Å². The lowest BCUT2D eigenvalue weighted by Crippen LogP contribution is -2.13. The van der Waals surface area contributed by atoms with Crippen molar-refractivity contribution in [3.05, 3.63) is 45.3 Å². The molecule has 88 valence electrons. The molecular weight excluding hydrogens is 230 g/mol. The molecule has 0 N–H and O–H groups in total. The monoisotopic (exact) mass is 237 g/mol. The van der Waals surface area contributed by atoms with Gasteiger partial charge in [0.1, 0.15) is 5.82 Å². The molecule has 1 rings (SSSR count). The van der Waals surface area contributed by atoms with Crippen molar-refractivity contribution < 1.29 is 22.5 Å². The van der Waals surface area contributed by atoms with E-state index in [4.69, 9.17) is 0 Å². The van der Waals surface area contributed by atoms with Crippen LogP contribution in [0.2, 0.25) is 0 Å². The lowest BCUT2D eigenvalue weighted by molar-refractivity contribution is -0.479. The number of rotatable bonds is 3. The Kier molecular flexibility index (Phi) is 3.46. The minimum atomic E-state index is -4.63. The summed E-state index contributed by atoms with van der Waals surface area (Å²) in [5.41, 5.74) is -1.43. The summed E-state index contributed by atoms with van der Waals surface area (Å²) in [5, 5.41) is 10.0. The molecule has 0 unspecified atom stereocenters. The van der Waals surface area contributed by atoms with Crippen LogP contribution in [0.1, 0.15) is 11.1 Å². The Morgan fingerprint density at radius 3 is 2.44 bits per heavy atom. The second-order valence-electron chi connectivity index (χ2n) is 3.11. The average molecular weight is 237 g/mol. The fourth-order valence-electron chi connectivity index (χ4n) is 1.26. The molecule has 0 aliphatic heterocycles. The molecule has 0 amide bonds. The molecule has 0 bridgehead atoms. The zero-order valence-electron chi connectivity index (χ0n) is 7.92. The Morgan fingerprint density at radius 1 is 1.31 bits per heavy atom. The number of alkyl halides is 3. The van der Waals surface area contributed by atoms with Gasteiger partial charge in [0.15, 0.2) is 0 Å². The van der Waals surface area contributed by atoms with E-state index in [1.807, 2.05) is 0 Å². The van der Waals surface area contributed by atoms with Crippen molar-refractivity contribution in [3.63, 3.8) is 0 Å². The highest BCUT2D eigenvalue weighted by atomic mass is 19.4. The van der Waals surface area contributed by atoms with Gasteiger partial charge in [-0.1, -0.05) is 0 Å². The summed E-state index contributed by atoms with van der Waals surface area (Å²) < 4.78 is 50.0. The summed E-state index contributed by atoms with van der Waals surface area (Å²) in [5.74, 6) is -0.841. The van der Waals surface area contributed by atoms with Gasteiger partial charge in [-0.15, -0.1) is 0 Å². The standard InChI is InChI=1S/C9H7F4NO2/c10-7-1-2-8(9(11,12)13)6(5-7)3-4-14(15)16/h1-2,5H,3-4H2. The molecule has 0 aliphatic carbocycles. The van der Waals surface area contributed by atoms with E-state index in [0.29, 0.717) is 18.2 Å². The average Bonchev–Trinajstić information content (AvgIpc) is 2.12. The van der Waals surface area contributed by atoms with Crippen LogP contribution in [-0.2, 0) is 12.6 Å². The van der Waals surface area contributed by atoms with Gasteiger partial charge in [0, 0.05) is 11.3 Å². The highest BCUT2D eigenvalue weighted by Crippen LogP contribution is 2.32. The Bertz CT molecular complexity index is 403. The molecule has 1 aromatic carbocycles. The molecule has 0 atom stereocenters. The maximum atomic E-state index is 12.7. The lowest BCUT2D eigenvalue weighted by atomic mass is 10.0. The van der Waals surface area contributed by atoms with E-state index in [1.54, 1.807) is 0 Å². The molecule has 16 heavy (non-hydrogen) atoms. The second-order valence-corrected chi connectivity index (χ2v) is 3.11. The van der Waals surface area contributed by atoms with Crippen LogP contribution in [0.5, 0.6) is 0 Å². The van der Waals surface area contributed by atoms with Crippen LogP contribution in [0.3, 0.4) is 0 Å². The van der Waals surface area contributed by atoms with E-state index in [9.17, 15) is 27.7 Å². The smallest absolute Gasteiger partial charge is 0.265 e. The van der Waals surface area contributed by atoms with Crippen LogP contribution in [0.15, 0.2) is 18.2 Å². The van der Waals surface area contributed by atoms with Gasteiger partial charge in [-0.3, -0.25) is 10.1 Å². The number of halogens is 4. The first-order chi connectivity index (χ1) is 7.30. The van der Waals surface area contributed by atoms with Crippen molar-refractivity contribution >= 4 is 0 Å². The molecule has 0 heterocycles. The number of hydrogen-bond donors (Lipinski definition) is 0. The molecule has 1 aromatic rings. The van der Waals surface area contributed by atoms with Crippen molar-refractivity contribution in [2.75, 3.05) is 6.54 Å². The van der Waals surface area contributed by atoms with Crippen molar-refractivity contribution in [2.45, 2.75) is 12.6 Å². The normalized spacial score (nSPS) is 11.5. The van der Waals surface area contributed by atoms with Crippen LogP contribution >= 0.6 is 0 Å². The highest BCUT2D eigenvalue weighted by Gasteiger charge is 2.33. The fraction of sp³-hybridized carbons (Fsp3) is 0.333. The third kappa shape index (κ3) is 3.18. The molecular formula is C9H7F4NO2. The van der Waals surface area contributed by atoms with Gasteiger partial charge >= 0.3 is 6.18 Å². The number of nitrogens with zero attached hydrogens (tertiary/aromatic N) is 1. The number of hydrogen-bond acceptors (Lipinski definition) is 2. The van der Waals surface area contributed by atoms with E-state index >= 15 is 0 Å². The molecule has 3 nitrogen and oxygen atoms in total. The van der Waals surface area contributed by atoms with E-state index in [0.717, 1.165) is 0 Å². The summed E-state index contributed by atoms with van der Waals surface area (Å²) in [6.45, 7) is -0.660. The first-order valence-corrected chi connectivity index (χ1v) is 4.28.